The lowest BCUT2D eigenvalue weighted by atomic mass is 10.7. The first-order valence-electron chi connectivity index (χ1n) is 2.47. The number of anilines is 1. The fourth-order valence-electron chi connectivity index (χ4n) is 0.502. The van der Waals surface area contributed by atoms with Crippen LogP contribution in [0.1, 0.15) is 0 Å². The maximum atomic E-state index is 8.48. The van der Waals surface area contributed by atoms with Crippen LogP contribution in [-0.4, -0.2) is 24.9 Å². The molecule has 0 aliphatic heterocycles. The van der Waals surface area contributed by atoms with Crippen molar-refractivity contribution in [3.8, 4) is 0 Å². The van der Waals surface area contributed by atoms with Crippen LogP contribution in [0.3, 0.4) is 0 Å². The molecule has 0 amide bonds. The van der Waals surface area contributed by atoms with Gasteiger partial charge in [-0.25, -0.2) is 4.98 Å². The molecule has 1 aromatic heterocycles. The smallest absolute Gasteiger partial charge is 0.374 e. The minimum atomic E-state index is -2.91. The van der Waals surface area contributed by atoms with Crippen LogP contribution in [0.4, 0.5) is 5.82 Å². The highest BCUT2D eigenvalue weighted by Gasteiger charge is 2.20. The first-order chi connectivity index (χ1) is 4.50. The molecule has 6 nitrogen and oxygen atoms in total. The van der Waals surface area contributed by atoms with E-state index in [4.69, 9.17) is 21.1 Å². The number of hydrogen-bond acceptors (Lipinski definition) is 5. The highest BCUT2D eigenvalue weighted by atomic mass is 16.7. The molecular formula is C4H7N3O3. The maximum absolute atomic E-state index is 8.48. The van der Waals surface area contributed by atoms with E-state index in [-0.39, 0.29) is 5.82 Å². The SMILES string of the molecule is Nc1cn(C(O)(O)O)cn1. The van der Waals surface area contributed by atoms with Gasteiger partial charge in [0, 0.05) is 0 Å². The van der Waals surface area contributed by atoms with Crippen LogP contribution in [0.25, 0.3) is 0 Å². The van der Waals surface area contributed by atoms with Gasteiger partial charge in [0.2, 0.25) is 0 Å². The first kappa shape index (κ1) is 7.00. The Labute approximate surface area is 56.2 Å². The number of hydrogen-bond donors (Lipinski definition) is 4. The monoisotopic (exact) mass is 145 g/mol. The third kappa shape index (κ3) is 1.24. The maximum Gasteiger partial charge on any atom is 0.374 e. The van der Waals surface area contributed by atoms with Gasteiger partial charge in [0.15, 0.2) is 0 Å². The van der Waals surface area contributed by atoms with Crippen molar-refractivity contribution in [1.82, 2.24) is 9.55 Å². The molecular weight excluding hydrogens is 138 g/mol. The zero-order chi connectivity index (χ0) is 7.78. The van der Waals surface area contributed by atoms with Crippen LogP contribution in [0.15, 0.2) is 12.5 Å². The first-order valence-corrected chi connectivity index (χ1v) is 2.47. The highest BCUT2D eigenvalue weighted by Crippen LogP contribution is 2.05. The van der Waals surface area contributed by atoms with Gasteiger partial charge in [0.05, 0.1) is 6.20 Å². The predicted molar refractivity (Wildman–Crippen MR) is 31.3 cm³/mol. The van der Waals surface area contributed by atoms with E-state index in [0.29, 0.717) is 4.57 Å². The summed E-state index contributed by atoms with van der Waals surface area (Å²) in [6, 6.07) is 0. The van der Waals surface area contributed by atoms with Crippen LogP contribution >= 0.6 is 0 Å². The number of aromatic nitrogens is 2. The molecule has 0 aliphatic rings. The summed E-state index contributed by atoms with van der Waals surface area (Å²) in [5, 5.41) is 25.4. The molecule has 0 unspecified atom stereocenters. The van der Waals surface area contributed by atoms with Crippen LogP contribution in [0.2, 0.25) is 0 Å². The van der Waals surface area contributed by atoms with Gasteiger partial charge in [-0.1, -0.05) is 0 Å². The summed E-state index contributed by atoms with van der Waals surface area (Å²) in [6.45, 7) is 0. The third-order valence-corrected chi connectivity index (χ3v) is 0.949. The van der Waals surface area contributed by atoms with E-state index in [1.807, 2.05) is 0 Å². The van der Waals surface area contributed by atoms with E-state index in [2.05, 4.69) is 4.98 Å². The standard InChI is InChI=1S/C4H7N3O3/c5-3-1-7(2-6-3)4(8,9)10/h1-2,8-10H,5H2. The number of rotatable bonds is 1. The van der Waals surface area contributed by atoms with Crippen molar-refractivity contribution in [2.75, 3.05) is 5.73 Å². The summed E-state index contributed by atoms with van der Waals surface area (Å²) in [7, 11) is 0. The number of nitrogens with two attached hydrogens (primary N) is 1. The number of imidazole rings is 1. The molecule has 0 atom stereocenters. The summed E-state index contributed by atoms with van der Waals surface area (Å²) in [4.78, 5) is 3.44. The van der Waals surface area contributed by atoms with Crippen molar-refractivity contribution >= 4 is 5.82 Å². The summed E-state index contributed by atoms with van der Waals surface area (Å²) < 4.78 is 0.655. The Morgan fingerprint density at radius 1 is 1.50 bits per heavy atom. The largest absolute Gasteiger partial charge is 0.382 e. The Kier molecular flexibility index (Phi) is 1.36. The number of nitrogen functional groups attached to an aromatic ring is 1. The average molecular weight is 145 g/mol. The number of aliphatic hydroxyl groups is 3. The zero-order valence-electron chi connectivity index (χ0n) is 4.97. The topological polar surface area (TPSA) is 105 Å². The predicted octanol–water partition coefficient (Wildman–Crippen LogP) is -1.99. The highest BCUT2D eigenvalue weighted by molar-refractivity contribution is 5.22. The molecule has 1 aromatic rings. The number of nitrogens with zero attached hydrogens (tertiary/aromatic N) is 2. The molecule has 1 rings (SSSR count). The Balaban J connectivity index is 2.96. The molecule has 0 saturated heterocycles. The van der Waals surface area contributed by atoms with Gasteiger partial charge >= 0.3 is 6.10 Å². The van der Waals surface area contributed by atoms with Crippen LogP contribution in [-0.2, 0) is 6.10 Å². The molecule has 5 N–H and O–H groups in total. The fourth-order valence-corrected chi connectivity index (χ4v) is 0.502. The van der Waals surface area contributed by atoms with E-state index in [0.717, 1.165) is 12.5 Å². The normalized spacial score (nSPS) is 11.9. The Bertz CT molecular complexity index is 226. The lowest BCUT2D eigenvalue weighted by Gasteiger charge is -2.13. The van der Waals surface area contributed by atoms with Crippen LogP contribution < -0.4 is 5.73 Å². The van der Waals surface area contributed by atoms with Crippen molar-refractivity contribution < 1.29 is 15.3 Å². The molecule has 0 saturated carbocycles. The third-order valence-electron chi connectivity index (χ3n) is 0.949. The average Bonchev–Trinajstić information content (AvgIpc) is 2.11. The molecule has 0 fully saturated rings. The summed E-state index contributed by atoms with van der Waals surface area (Å²) in [5.41, 5.74) is 5.11. The van der Waals surface area contributed by atoms with E-state index >= 15 is 0 Å². The second-order valence-corrected chi connectivity index (χ2v) is 1.81. The van der Waals surface area contributed by atoms with Gasteiger partial charge in [0.25, 0.3) is 0 Å². The Hall–Kier alpha value is -1.11. The van der Waals surface area contributed by atoms with Gasteiger partial charge < -0.3 is 21.1 Å². The van der Waals surface area contributed by atoms with Crippen molar-refractivity contribution in [2.24, 2.45) is 0 Å². The van der Waals surface area contributed by atoms with Crippen molar-refractivity contribution in [1.29, 1.82) is 0 Å². The molecule has 0 aromatic carbocycles. The van der Waals surface area contributed by atoms with E-state index in [1.165, 1.54) is 0 Å². The van der Waals surface area contributed by atoms with Gasteiger partial charge in [-0.15, -0.1) is 0 Å². The van der Waals surface area contributed by atoms with Gasteiger partial charge in [-0.05, 0) is 0 Å². The van der Waals surface area contributed by atoms with Crippen LogP contribution in [0, 0.1) is 0 Å². The Morgan fingerprint density at radius 2 is 2.10 bits per heavy atom. The van der Waals surface area contributed by atoms with Crippen molar-refractivity contribution in [3.05, 3.63) is 12.5 Å². The molecule has 0 aliphatic carbocycles. The minimum Gasteiger partial charge on any atom is -0.382 e. The molecule has 10 heavy (non-hydrogen) atoms. The molecule has 0 bridgehead atoms. The molecule has 0 radical (unpaired) electrons. The second-order valence-electron chi connectivity index (χ2n) is 1.81. The molecule has 56 valence electrons. The van der Waals surface area contributed by atoms with Crippen molar-refractivity contribution in [3.63, 3.8) is 0 Å². The van der Waals surface area contributed by atoms with E-state index < -0.39 is 6.10 Å². The lowest BCUT2D eigenvalue weighted by Crippen LogP contribution is -2.31. The van der Waals surface area contributed by atoms with Gasteiger partial charge in [0.1, 0.15) is 12.1 Å². The summed E-state index contributed by atoms with van der Waals surface area (Å²) in [6.07, 6.45) is -0.833. The fraction of sp³-hybridized carbons (Fsp3) is 0.250. The van der Waals surface area contributed by atoms with Crippen LogP contribution in [0.5, 0.6) is 0 Å². The van der Waals surface area contributed by atoms with E-state index in [1.54, 1.807) is 0 Å². The van der Waals surface area contributed by atoms with E-state index in [9.17, 15) is 0 Å². The summed E-state index contributed by atoms with van der Waals surface area (Å²) in [5.74, 6) is 0.0986. The second kappa shape index (κ2) is 1.94. The summed E-state index contributed by atoms with van der Waals surface area (Å²) >= 11 is 0. The lowest BCUT2D eigenvalue weighted by molar-refractivity contribution is -0.375. The van der Waals surface area contributed by atoms with Gasteiger partial charge in [-0.2, -0.15) is 0 Å². The van der Waals surface area contributed by atoms with Crippen molar-refractivity contribution in [2.45, 2.75) is 6.10 Å². The molecule has 1 heterocycles. The quantitative estimate of drug-likeness (QED) is 0.342. The molecule has 6 heteroatoms. The zero-order valence-corrected chi connectivity index (χ0v) is 4.97. The van der Waals surface area contributed by atoms with Gasteiger partial charge in [-0.3, -0.25) is 4.57 Å². The molecule has 0 spiro atoms. The Morgan fingerprint density at radius 3 is 2.30 bits per heavy atom. The minimum absolute atomic E-state index is 0.0986.